The molecule has 1 N–H and O–H groups in total. The molecule has 1 saturated heterocycles. The molecule has 132 valence electrons. The van der Waals surface area contributed by atoms with Gasteiger partial charge in [0.15, 0.2) is 5.82 Å². The SMILES string of the molecule is COc1ccc(CNC(=O)N2CCC(Oc3ncc(F)cn3)C2)cc1. The fraction of sp³-hybridized carbons (Fsp3) is 0.353. The van der Waals surface area contributed by atoms with Gasteiger partial charge in [-0.15, -0.1) is 0 Å². The number of halogens is 1. The molecule has 1 aromatic carbocycles. The number of benzene rings is 1. The second-order valence-electron chi connectivity index (χ2n) is 5.67. The van der Waals surface area contributed by atoms with Crippen molar-refractivity contribution < 1.29 is 18.7 Å². The van der Waals surface area contributed by atoms with Crippen LogP contribution in [0.25, 0.3) is 0 Å². The van der Waals surface area contributed by atoms with Crippen molar-refractivity contribution in [2.24, 2.45) is 0 Å². The van der Waals surface area contributed by atoms with Crippen LogP contribution in [0.5, 0.6) is 11.8 Å². The summed E-state index contributed by atoms with van der Waals surface area (Å²) in [6, 6.07) is 7.48. The summed E-state index contributed by atoms with van der Waals surface area (Å²) in [5.74, 6) is 0.260. The van der Waals surface area contributed by atoms with Gasteiger partial charge in [-0.05, 0) is 17.7 Å². The maximum absolute atomic E-state index is 12.8. The lowest BCUT2D eigenvalue weighted by atomic mass is 10.2. The van der Waals surface area contributed by atoms with Gasteiger partial charge in [-0.2, -0.15) is 0 Å². The molecular formula is C17H19FN4O3. The molecule has 7 nitrogen and oxygen atoms in total. The van der Waals surface area contributed by atoms with Crippen LogP contribution in [0.15, 0.2) is 36.7 Å². The van der Waals surface area contributed by atoms with E-state index in [2.05, 4.69) is 15.3 Å². The fourth-order valence-corrected chi connectivity index (χ4v) is 2.55. The highest BCUT2D eigenvalue weighted by atomic mass is 19.1. The van der Waals surface area contributed by atoms with Gasteiger partial charge < -0.3 is 19.7 Å². The van der Waals surface area contributed by atoms with E-state index in [1.54, 1.807) is 12.0 Å². The first-order valence-corrected chi connectivity index (χ1v) is 7.94. The molecule has 2 heterocycles. The zero-order valence-corrected chi connectivity index (χ0v) is 13.8. The number of amides is 2. The summed E-state index contributed by atoms with van der Waals surface area (Å²) in [5.41, 5.74) is 0.987. The summed E-state index contributed by atoms with van der Waals surface area (Å²) in [7, 11) is 1.61. The Bertz CT molecular complexity index is 709. The topological polar surface area (TPSA) is 76.6 Å². The van der Waals surface area contributed by atoms with E-state index >= 15 is 0 Å². The van der Waals surface area contributed by atoms with Crippen LogP contribution in [0, 0.1) is 5.82 Å². The Balaban J connectivity index is 1.46. The molecule has 3 rings (SSSR count). The lowest BCUT2D eigenvalue weighted by Crippen LogP contribution is -2.39. The summed E-state index contributed by atoms with van der Waals surface area (Å²) >= 11 is 0. The van der Waals surface area contributed by atoms with Crippen molar-refractivity contribution in [2.75, 3.05) is 20.2 Å². The van der Waals surface area contributed by atoms with Gasteiger partial charge >= 0.3 is 12.0 Å². The van der Waals surface area contributed by atoms with E-state index in [1.807, 2.05) is 24.3 Å². The van der Waals surface area contributed by atoms with E-state index in [-0.39, 0.29) is 18.1 Å². The summed E-state index contributed by atoms with van der Waals surface area (Å²) in [6.07, 6.45) is 2.58. The molecule has 1 atom stereocenters. The number of carbonyl (C=O) groups excluding carboxylic acids is 1. The van der Waals surface area contributed by atoms with Crippen LogP contribution in [-0.2, 0) is 6.54 Å². The van der Waals surface area contributed by atoms with E-state index in [4.69, 9.17) is 9.47 Å². The molecule has 2 amide bonds. The van der Waals surface area contributed by atoms with E-state index in [9.17, 15) is 9.18 Å². The number of nitrogens with one attached hydrogen (secondary N) is 1. The van der Waals surface area contributed by atoms with Crippen LogP contribution < -0.4 is 14.8 Å². The van der Waals surface area contributed by atoms with Crippen molar-refractivity contribution in [1.82, 2.24) is 20.2 Å². The van der Waals surface area contributed by atoms with Crippen molar-refractivity contribution in [3.8, 4) is 11.8 Å². The number of nitrogens with zero attached hydrogens (tertiary/aromatic N) is 3. The molecule has 1 fully saturated rings. The molecule has 2 aromatic rings. The first kappa shape index (κ1) is 16.9. The fourth-order valence-electron chi connectivity index (χ4n) is 2.55. The average Bonchev–Trinajstić information content (AvgIpc) is 3.10. The Labute approximate surface area is 144 Å². The predicted octanol–water partition coefficient (Wildman–Crippen LogP) is 1.99. The maximum Gasteiger partial charge on any atom is 0.317 e. The Hall–Kier alpha value is -2.90. The largest absolute Gasteiger partial charge is 0.497 e. The molecular weight excluding hydrogens is 327 g/mol. The lowest BCUT2D eigenvalue weighted by molar-refractivity contribution is 0.177. The third-order valence-electron chi connectivity index (χ3n) is 3.90. The van der Waals surface area contributed by atoms with Crippen molar-refractivity contribution in [1.29, 1.82) is 0 Å². The van der Waals surface area contributed by atoms with Gasteiger partial charge in [0.2, 0.25) is 0 Å². The summed E-state index contributed by atoms with van der Waals surface area (Å²) in [4.78, 5) is 21.4. The molecule has 1 aliphatic heterocycles. The number of hydrogen-bond acceptors (Lipinski definition) is 5. The second kappa shape index (κ2) is 7.78. The van der Waals surface area contributed by atoms with Crippen LogP contribution in [0.4, 0.5) is 9.18 Å². The normalized spacial score (nSPS) is 16.6. The highest BCUT2D eigenvalue weighted by Crippen LogP contribution is 2.15. The van der Waals surface area contributed by atoms with Crippen LogP contribution in [-0.4, -0.2) is 47.2 Å². The van der Waals surface area contributed by atoms with Crippen LogP contribution in [0.2, 0.25) is 0 Å². The third kappa shape index (κ3) is 4.56. The van der Waals surface area contributed by atoms with Gasteiger partial charge in [-0.25, -0.2) is 19.2 Å². The van der Waals surface area contributed by atoms with E-state index in [0.717, 1.165) is 23.7 Å². The number of urea groups is 1. The Morgan fingerprint density at radius 2 is 2.04 bits per heavy atom. The van der Waals surface area contributed by atoms with E-state index < -0.39 is 5.82 Å². The standard InChI is InChI=1S/C17H19FN4O3/c1-24-14-4-2-12(3-5-14)8-21-17(23)22-7-6-15(11-22)25-16-19-9-13(18)10-20-16/h2-5,9-10,15H,6-8,11H2,1H3,(H,21,23). The number of ether oxygens (including phenoxy) is 2. The molecule has 0 radical (unpaired) electrons. The third-order valence-corrected chi connectivity index (χ3v) is 3.90. The number of aromatic nitrogens is 2. The summed E-state index contributed by atoms with van der Waals surface area (Å²) < 4.78 is 23.5. The minimum atomic E-state index is -0.515. The summed E-state index contributed by atoms with van der Waals surface area (Å²) in [6.45, 7) is 1.46. The molecule has 25 heavy (non-hydrogen) atoms. The van der Waals surface area contributed by atoms with Crippen LogP contribution in [0.3, 0.4) is 0 Å². The zero-order chi connectivity index (χ0) is 17.6. The summed E-state index contributed by atoms with van der Waals surface area (Å²) in [5, 5.41) is 2.88. The molecule has 1 unspecified atom stereocenters. The number of carbonyl (C=O) groups is 1. The Morgan fingerprint density at radius 1 is 1.32 bits per heavy atom. The van der Waals surface area contributed by atoms with Gasteiger partial charge in [-0.1, -0.05) is 12.1 Å². The minimum Gasteiger partial charge on any atom is -0.497 e. The number of hydrogen-bond donors (Lipinski definition) is 1. The quantitative estimate of drug-likeness (QED) is 0.896. The van der Waals surface area contributed by atoms with Gasteiger partial charge in [0, 0.05) is 19.5 Å². The first-order chi connectivity index (χ1) is 12.1. The Morgan fingerprint density at radius 3 is 2.72 bits per heavy atom. The molecule has 0 aliphatic carbocycles. The van der Waals surface area contributed by atoms with E-state index in [0.29, 0.717) is 26.1 Å². The smallest absolute Gasteiger partial charge is 0.317 e. The maximum atomic E-state index is 12.8. The molecule has 0 spiro atoms. The number of likely N-dealkylation sites (tertiary alicyclic amines) is 1. The number of methoxy groups -OCH3 is 1. The highest BCUT2D eigenvalue weighted by molar-refractivity contribution is 5.74. The number of rotatable bonds is 5. The second-order valence-corrected chi connectivity index (χ2v) is 5.67. The highest BCUT2D eigenvalue weighted by Gasteiger charge is 2.28. The first-order valence-electron chi connectivity index (χ1n) is 7.94. The molecule has 1 aliphatic rings. The zero-order valence-electron chi connectivity index (χ0n) is 13.8. The minimum absolute atomic E-state index is 0.117. The monoisotopic (exact) mass is 346 g/mol. The van der Waals surface area contributed by atoms with Gasteiger partial charge in [-0.3, -0.25) is 0 Å². The van der Waals surface area contributed by atoms with Crippen LogP contribution >= 0.6 is 0 Å². The molecule has 0 bridgehead atoms. The van der Waals surface area contributed by atoms with Crippen molar-refractivity contribution in [3.63, 3.8) is 0 Å². The Kier molecular flexibility index (Phi) is 5.27. The molecule has 1 aromatic heterocycles. The van der Waals surface area contributed by atoms with Crippen LogP contribution in [0.1, 0.15) is 12.0 Å². The molecule has 0 saturated carbocycles. The van der Waals surface area contributed by atoms with Gasteiger partial charge in [0.1, 0.15) is 11.9 Å². The lowest BCUT2D eigenvalue weighted by Gasteiger charge is -2.17. The van der Waals surface area contributed by atoms with Crippen molar-refractivity contribution >= 4 is 6.03 Å². The molecule has 8 heteroatoms. The van der Waals surface area contributed by atoms with E-state index in [1.165, 1.54) is 0 Å². The van der Waals surface area contributed by atoms with Crippen molar-refractivity contribution in [2.45, 2.75) is 19.1 Å². The van der Waals surface area contributed by atoms with Gasteiger partial charge in [0.05, 0.1) is 26.0 Å². The average molecular weight is 346 g/mol. The predicted molar refractivity (Wildman–Crippen MR) is 87.8 cm³/mol. The van der Waals surface area contributed by atoms with Gasteiger partial charge in [0.25, 0.3) is 0 Å². The van der Waals surface area contributed by atoms with Crippen molar-refractivity contribution in [3.05, 3.63) is 48.0 Å².